The molecule has 0 atom stereocenters. The number of rotatable bonds is 3. The second kappa shape index (κ2) is 5.74. The van der Waals surface area contributed by atoms with Gasteiger partial charge in [-0.2, -0.15) is 5.26 Å². The van der Waals surface area contributed by atoms with E-state index in [1.807, 2.05) is 42.5 Å². The van der Waals surface area contributed by atoms with Crippen molar-refractivity contribution < 1.29 is 4.74 Å². The molecule has 0 radical (unpaired) electrons. The molecule has 0 heterocycles. The first-order chi connectivity index (χ1) is 9.24. The van der Waals surface area contributed by atoms with Gasteiger partial charge in [-0.05, 0) is 23.8 Å². The molecular weight excluding hydrogens is 236 g/mol. The molecule has 2 rings (SSSR count). The molecule has 0 unspecified atom stereocenters. The Hall–Kier alpha value is -2.73. The number of methoxy groups -OCH3 is 1. The first-order valence-electron chi connectivity index (χ1n) is 5.85. The van der Waals surface area contributed by atoms with Crippen molar-refractivity contribution in [1.29, 1.82) is 5.26 Å². The topological polar surface area (TPSA) is 59.0 Å². The van der Waals surface area contributed by atoms with Crippen molar-refractivity contribution in [3.05, 3.63) is 59.2 Å². The molecule has 2 aromatic rings. The first-order valence-corrected chi connectivity index (χ1v) is 5.85. The molecule has 3 nitrogen and oxygen atoms in total. The average Bonchev–Trinajstić information content (AvgIpc) is 2.46. The molecule has 0 fully saturated rings. The van der Waals surface area contributed by atoms with Gasteiger partial charge in [0.2, 0.25) is 0 Å². The number of nitrogens with zero attached hydrogens (tertiary/aromatic N) is 1. The third kappa shape index (κ3) is 2.93. The number of para-hydroxylation sites is 1. The van der Waals surface area contributed by atoms with Gasteiger partial charge >= 0.3 is 0 Å². The van der Waals surface area contributed by atoms with Crippen molar-refractivity contribution in [2.45, 2.75) is 0 Å². The molecule has 94 valence electrons. The number of hydrogen-bond acceptors (Lipinski definition) is 3. The van der Waals surface area contributed by atoms with Crippen LogP contribution in [0.25, 0.3) is 12.2 Å². The maximum absolute atomic E-state index is 9.08. The zero-order valence-electron chi connectivity index (χ0n) is 10.6. The van der Waals surface area contributed by atoms with Crippen molar-refractivity contribution >= 4 is 17.8 Å². The van der Waals surface area contributed by atoms with Gasteiger partial charge in [0.25, 0.3) is 0 Å². The summed E-state index contributed by atoms with van der Waals surface area (Å²) < 4.78 is 5.27. The standard InChI is InChI=1S/C16H14N2O/c1-19-16-5-3-2-4-13(16)7-6-12-8-9-15(18)10-14(12)11-17/h2-10H,18H2,1H3. The maximum Gasteiger partial charge on any atom is 0.126 e. The van der Waals surface area contributed by atoms with Gasteiger partial charge in [0.15, 0.2) is 0 Å². The van der Waals surface area contributed by atoms with Gasteiger partial charge in [0.1, 0.15) is 5.75 Å². The van der Waals surface area contributed by atoms with Crippen molar-refractivity contribution in [3.8, 4) is 11.8 Å². The minimum atomic E-state index is 0.561. The zero-order valence-corrected chi connectivity index (χ0v) is 10.6. The summed E-state index contributed by atoms with van der Waals surface area (Å²) in [5.41, 5.74) is 8.61. The Morgan fingerprint density at radius 1 is 1.11 bits per heavy atom. The summed E-state index contributed by atoms with van der Waals surface area (Å²) in [5.74, 6) is 0.799. The summed E-state index contributed by atoms with van der Waals surface area (Å²) >= 11 is 0. The SMILES string of the molecule is COc1ccccc1C=Cc1ccc(N)cc1C#N. The number of ether oxygens (including phenoxy) is 1. The van der Waals surface area contributed by atoms with E-state index in [4.69, 9.17) is 15.7 Å². The number of nitrogens with two attached hydrogens (primary N) is 1. The van der Waals surface area contributed by atoms with E-state index in [2.05, 4.69) is 6.07 Å². The predicted octanol–water partition coefficient (Wildman–Crippen LogP) is 3.32. The van der Waals surface area contributed by atoms with Crippen molar-refractivity contribution in [3.63, 3.8) is 0 Å². The van der Waals surface area contributed by atoms with E-state index in [1.54, 1.807) is 19.2 Å². The third-order valence-electron chi connectivity index (χ3n) is 2.78. The molecule has 0 aromatic heterocycles. The van der Waals surface area contributed by atoms with Crippen molar-refractivity contribution in [2.75, 3.05) is 12.8 Å². The lowest BCUT2D eigenvalue weighted by Gasteiger charge is -2.04. The van der Waals surface area contributed by atoms with Crippen molar-refractivity contribution in [1.82, 2.24) is 0 Å². The molecule has 2 aromatic carbocycles. The normalized spacial score (nSPS) is 10.3. The van der Waals surface area contributed by atoms with Crippen LogP contribution in [0.3, 0.4) is 0 Å². The molecule has 0 spiro atoms. The number of nitrogen functional groups attached to an aromatic ring is 1. The Morgan fingerprint density at radius 2 is 1.84 bits per heavy atom. The van der Waals surface area contributed by atoms with Crippen LogP contribution in [0.5, 0.6) is 5.75 Å². The highest BCUT2D eigenvalue weighted by atomic mass is 16.5. The van der Waals surface area contributed by atoms with Crippen LogP contribution in [0.1, 0.15) is 16.7 Å². The van der Waals surface area contributed by atoms with Gasteiger partial charge in [-0.1, -0.05) is 36.4 Å². The number of hydrogen-bond donors (Lipinski definition) is 1. The highest BCUT2D eigenvalue weighted by Gasteiger charge is 2.00. The molecule has 0 saturated heterocycles. The van der Waals surface area contributed by atoms with E-state index in [1.165, 1.54) is 0 Å². The van der Waals surface area contributed by atoms with Crippen LogP contribution in [0, 0.1) is 11.3 Å². The Kier molecular flexibility index (Phi) is 3.84. The molecule has 0 aliphatic carbocycles. The van der Waals surface area contributed by atoms with Crippen LogP contribution in [0.4, 0.5) is 5.69 Å². The van der Waals surface area contributed by atoms with Crippen LogP contribution in [0.15, 0.2) is 42.5 Å². The Balaban J connectivity index is 2.36. The van der Waals surface area contributed by atoms with Crippen molar-refractivity contribution in [2.24, 2.45) is 0 Å². The summed E-state index contributed by atoms with van der Waals surface area (Å²) in [6.45, 7) is 0. The largest absolute Gasteiger partial charge is 0.496 e. The third-order valence-corrected chi connectivity index (χ3v) is 2.78. The minimum absolute atomic E-state index is 0.561. The average molecular weight is 250 g/mol. The molecular formula is C16H14N2O. The highest BCUT2D eigenvalue weighted by molar-refractivity contribution is 5.75. The molecule has 0 saturated carbocycles. The fourth-order valence-electron chi connectivity index (χ4n) is 1.80. The predicted molar refractivity (Wildman–Crippen MR) is 77.5 cm³/mol. The van der Waals surface area contributed by atoms with Gasteiger partial charge in [0.05, 0.1) is 18.7 Å². The van der Waals surface area contributed by atoms with Crippen LogP contribution >= 0.6 is 0 Å². The monoisotopic (exact) mass is 250 g/mol. The second-order valence-electron chi connectivity index (χ2n) is 4.03. The summed E-state index contributed by atoms with van der Waals surface area (Å²) in [6.07, 6.45) is 3.81. The van der Waals surface area contributed by atoms with Gasteiger partial charge in [-0.25, -0.2) is 0 Å². The molecule has 2 N–H and O–H groups in total. The summed E-state index contributed by atoms with van der Waals surface area (Å²) in [5, 5.41) is 9.08. The molecule has 19 heavy (non-hydrogen) atoms. The zero-order chi connectivity index (χ0) is 13.7. The van der Waals surface area contributed by atoms with E-state index < -0.39 is 0 Å². The number of nitriles is 1. The minimum Gasteiger partial charge on any atom is -0.496 e. The fourth-order valence-corrected chi connectivity index (χ4v) is 1.80. The Bertz CT molecular complexity index is 654. The lowest BCUT2D eigenvalue weighted by molar-refractivity contribution is 0.414. The number of anilines is 1. The van der Waals surface area contributed by atoms with Gasteiger partial charge in [0, 0.05) is 11.3 Å². The van der Waals surface area contributed by atoms with E-state index in [0.29, 0.717) is 11.3 Å². The lowest BCUT2D eigenvalue weighted by atomic mass is 10.1. The van der Waals surface area contributed by atoms with Crippen LogP contribution in [-0.4, -0.2) is 7.11 Å². The molecule has 0 amide bonds. The van der Waals surface area contributed by atoms with Crippen LogP contribution in [-0.2, 0) is 0 Å². The van der Waals surface area contributed by atoms with Gasteiger partial charge in [-0.15, -0.1) is 0 Å². The lowest BCUT2D eigenvalue weighted by Crippen LogP contribution is -1.89. The van der Waals surface area contributed by atoms with Gasteiger partial charge in [-0.3, -0.25) is 0 Å². The smallest absolute Gasteiger partial charge is 0.126 e. The molecule has 0 aliphatic rings. The second-order valence-corrected chi connectivity index (χ2v) is 4.03. The van der Waals surface area contributed by atoms with Crippen LogP contribution in [0.2, 0.25) is 0 Å². The Labute approximate surface area is 112 Å². The highest BCUT2D eigenvalue weighted by Crippen LogP contribution is 2.21. The summed E-state index contributed by atoms with van der Waals surface area (Å²) in [6, 6.07) is 15.1. The number of benzene rings is 2. The maximum atomic E-state index is 9.08. The van der Waals surface area contributed by atoms with Gasteiger partial charge < -0.3 is 10.5 Å². The fraction of sp³-hybridized carbons (Fsp3) is 0.0625. The molecule has 0 bridgehead atoms. The van der Waals surface area contributed by atoms with E-state index in [9.17, 15) is 0 Å². The van der Waals surface area contributed by atoms with Crippen LogP contribution < -0.4 is 10.5 Å². The summed E-state index contributed by atoms with van der Waals surface area (Å²) in [7, 11) is 1.64. The quantitative estimate of drug-likeness (QED) is 0.671. The van der Waals surface area contributed by atoms with E-state index in [0.717, 1.165) is 16.9 Å². The van der Waals surface area contributed by atoms with E-state index >= 15 is 0 Å². The van der Waals surface area contributed by atoms with E-state index in [-0.39, 0.29) is 0 Å². The molecule has 3 heteroatoms. The molecule has 0 aliphatic heterocycles. The Morgan fingerprint density at radius 3 is 2.58 bits per heavy atom. The first kappa shape index (κ1) is 12.7. The summed E-state index contributed by atoms with van der Waals surface area (Å²) in [4.78, 5) is 0.